The Kier molecular flexibility index (Phi) is 4.65. The zero-order chi connectivity index (χ0) is 15.4. The van der Waals surface area contributed by atoms with E-state index in [0.717, 1.165) is 48.8 Å². The molecule has 0 bridgehead atoms. The molecule has 0 spiro atoms. The maximum atomic E-state index is 9.19. The van der Waals surface area contributed by atoms with Crippen molar-refractivity contribution in [3.05, 3.63) is 42.2 Å². The minimum absolute atomic E-state index is 0.281. The first-order chi connectivity index (χ1) is 10.8. The molecule has 2 heterocycles. The number of aliphatic hydroxyl groups excluding tert-OH is 1. The number of benzene rings is 1. The van der Waals surface area contributed by atoms with Gasteiger partial charge in [0.15, 0.2) is 5.82 Å². The Morgan fingerprint density at radius 1 is 1.23 bits per heavy atom. The molecule has 116 valence electrons. The quantitative estimate of drug-likeness (QED) is 0.914. The average molecular weight is 299 g/mol. The van der Waals surface area contributed by atoms with E-state index in [4.69, 9.17) is 4.74 Å². The van der Waals surface area contributed by atoms with Gasteiger partial charge in [-0.3, -0.25) is 4.90 Å². The van der Waals surface area contributed by atoms with E-state index in [2.05, 4.69) is 14.9 Å². The normalized spacial score (nSPS) is 18.5. The first-order valence-corrected chi connectivity index (χ1v) is 7.57. The molecular weight excluding hydrogens is 278 g/mol. The zero-order valence-electron chi connectivity index (χ0n) is 12.8. The lowest BCUT2D eigenvalue weighted by Gasteiger charge is -2.15. The summed E-state index contributed by atoms with van der Waals surface area (Å²) < 4.78 is 5.15. The summed E-state index contributed by atoms with van der Waals surface area (Å²) in [5.74, 6) is 1.97. The number of hydrogen-bond acceptors (Lipinski definition) is 5. The molecule has 5 nitrogen and oxygen atoms in total. The third-order valence-electron chi connectivity index (χ3n) is 4.09. The van der Waals surface area contributed by atoms with Crippen LogP contribution in [0.4, 0.5) is 0 Å². The Morgan fingerprint density at radius 3 is 2.55 bits per heavy atom. The summed E-state index contributed by atoms with van der Waals surface area (Å²) in [6.07, 6.45) is 4.85. The van der Waals surface area contributed by atoms with Gasteiger partial charge in [-0.15, -0.1) is 0 Å². The highest BCUT2D eigenvalue weighted by atomic mass is 16.5. The zero-order valence-corrected chi connectivity index (χ0v) is 12.8. The largest absolute Gasteiger partial charge is 0.497 e. The van der Waals surface area contributed by atoms with Crippen molar-refractivity contribution < 1.29 is 9.84 Å². The molecule has 5 heteroatoms. The van der Waals surface area contributed by atoms with Crippen LogP contribution in [-0.4, -0.2) is 46.8 Å². The minimum atomic E-state index is 0.281. The number of methoxy groups -OCH3 is 1. The van der Waals surface area contributed by atoms with Gasteiger partial charge in [0.25, 0.3) is 0 Å². The molecule has 1 fully saturated rings. The van der Waals surface area contributed by atoms with Crippen LogP contribution in [0.1, 0.15) is 12.0 Å². The van der Waals surface area contributed by atoms with Crippen molar-refractivity contribution >= 4 is 0 Å². The van der Waals surface area contributed by atoms with E-state index < -0.39 is 0 Å². The molecule has 0 aliphatic carbocycles. The predicted octanol–water partition coefficient (Wildman–Crippen LogP) is 1.97. The Morgan fingerprint density at radius 2 is 1.95 bits per heavy atom. The van der Waals surface area contributed by atoms with Crippen molar-refractivity contribution in [2.45, 2.75) is 13.0 Å². The molecule has 22 heavy (non-hydrogen) atoms. The van der Waals surface area contributed by atoms with Crippen LogP contribution < -0.4 is 4.74 Å². The highest BCUT2D eigenvalue weighted by Crippen LogP contribution is 2.20. The van der Waals surface area contributed by atoms with E-state index >= 15 is 0 Å². The van der Waals surface area contributed by atoms with Crippen LogP contribution in [0.5, 0.6) is 5.75 Å². The maximum absolute atomic E-state index is 9.19. The summed E-state index contributed by atoms with van der Waals surface area (Å²) in [6, 6.07) is 7.73. The number of aromatic nitrogens is 2. The van der Waals surface area contributed by atoms with Crippen LogP contribution in [0.2, 0.25) is 0 Å². The highest BCUT2D eigenvalue weighted by Gasteiger charge is 2.21. The van der Waals surface area contributed by atoms with Crippen molar-refractivity contribution in [3.8, 4) is 17.1 Å². The summed E-state index contributed by atoms with van der Waals surface area (Å²) >= 11 is 0. The third kappa shape index (κ3) is 3.43. The number of rotatable bonds is 5. The molecular formula is C17H21N3O2. The standard InChI is InChI=1S/C17H21N3O2/c1-22-16-4-2-15(3-5-16)17-18-8-14(9-19-17)11-20-7-6-13(10-20)12-21/h2-5,8-9,13,21H,6-7,10-12H2,1H3/t13-/m0/s1. The number of hydrogen-bond donors (Lipinski definition) is 1. The van der Waals surface area contributed by atoms with Gasteiger partial charge in [-0.1, -0.05) is 0 Å². The van der Waals surface area contributed by atoms with Crippen molar-refractivity contribution in [1.82, 2.24) is 14.9 Å². The van der Waals surface area contributed by atoms with Crippen LogP contribution in [0.3, 0.4) is 0 Å². The average Bonchev–Trinajstić information content (AvgIpc) is 3.03. The Bertz CT molecular complexity index is 598. The van der Waals surface area contributed by atoms with Gasteiger partial charge in [-0.25, -0.2) is 9.97 Å². The van der Waals surface area contributed by atoms with E-state index in [0.29, 0.717) is 5.92 Å². The maximum Gasteiger partial charge on any atom is 0.159 e. The Labute approximate surface area is 130 Å². The lowest BCUT2D eigenvalue weighted by Crippen LogP contribution is -2.21. The van der Waals surface area contributed by atoms with Crippen LogP contribution in [0, 0.1) is 5.92 Å². The lowest BCUT2D eigenvalue weighted by atomic mass is 10.1. The summed E-state index contributed by atoms with van der Waals surface area (Å²) in [6.45, 7) is 3.12. The van der Waals surface area contributed by atoms with Crippen molar-refractivity contribution in [3.63, 3.8) is 0 Å². The SMILES string of the molecule is COc1ccc(-c2ncc(CN3CC[C@H](CO)C3)cn2)cc1. The summed E-state index contributed by atoms with van der Waals surface area (Å²) in [4.78, 5) is 11.3. The fourth-order valence-electron chi connectivity index (χ4n) is 2.79. The second-order valence-corrected chi connectivity index (χ2v) is 5.72. The molecule has 3 rings (SSSR count). The van der Waals surface area contributed by atoms with E-state index in [-0.39, 0.29) is 6.61 Å². The summed E-state index contributed by atoms with van der Waals surface area (Å²) in [5.41, 5.74) is 2.09. The van der Waals surface area contributed by atoms with Gasteiger partial charge in [0.1, 0.15) is 5.75 Å². The second-order valence-electron chi connectivity index (χ2n) is 5.72. The molecule has 1 aromatic carbocycles. The van der Waals surface area contributed by atoms with Crippen LogP contribution in [0.15, 0.2) is 36.7 Å². The fourth-order valence-corrected chi connectivity index (χ4v) is 2.79. The Hall–Kier alpha value is -1.98. The third-order valence-corrected chi connectivity index (χ3v) is 4.09. The van der Waals surface area contributed by atoms with Crippen molar-refractivity contribution in [2.75, 3.05) is 26.8 Å². The number of ether oxygens (including phenoxy) is 1. The van der Waals surface area contributed by atoms with E-state index in [9.17, 15) is 5.11 Å². The van der Waals surface area contributed by atoms with Gasteiger partial charge < -0.3 is 9.84 Å². The van der Waals surface area contributed by atoms with Crippen LogP contribution in [-0.2, 0) is 6.54 Å². The molecule has 1 aliphatic heterocycles. The highest BCUT2D eigenvalue weighted by molar-refractivity contribution is 5.55. The molecule has 0 radical (unpaired) electrons. The van der Waals surface area contributed by atoms with Crippen molar-refractivity contribution in [2.24, 2.45) is 5.92 Å². The number of aliphatic hydroxyl groups is 1. The molecule has 0 unspecified atom stereocenters. The monoisotopic (exact) mass is 299 g/mol. The summed E-state index contributed by atoms with van der Waals surface area (Å²) in [7, 11) is 1.65. The molecule has 0 amide bonds. The van der Waals surface area contributed by atoms with Crippen LogP contribution in [0.25, 0.3) is 11.4 Å². The Balaban J connectivity index is 1.64. The molecule has 1 aliphatic rings. The van der Waals surface area contributed by atoms with Gasteiger partial charge in [-0.2, -0.15) is 0 Å². The molecule has 0 saturated carbocycles. The molecule has 1 saturated heterocycles. The van der Waals surface area contributed by atoms with Crippen LogP contribution >= 0.6 is 0 Å². The van der Waals surface area contributed by atoms with E-state index in [1.54, 1.807) is 7.11 Å². The molecule has 1 aromatic heterocycles. The first-order valence-electron chi connectivity index (χ1n) is 7.57. The van der Waals surface area contributed by atoms with Crippen molar-refractivity contribution in [1.29, 1.82) is 0 Å². The lowest BCUT2D eigenvalue weighted by molar-refractivity contribution is 0.220. The fraction of sp³-hybridized carbons (Fsp3) is 0.412. The minimum Gasteiger partial charge on any atom is -0.497 e. The van der Waals surface area contributed by atoms with Gasteiger partial charge in [0.05, 0.1) is 7.11 Å². The first kappa shape index (κ1) is 14.9. The molecule has 2 aromatic rings. The smallest absolute Gasteiger partial charge is 0.159 e. The van der Waals surface area contributed by atoms with Gasteiger partial charge in [-0.05, 0) is 43.1 Å². The van der Waals surface area contributed by atoms with Gasteiger partial charge >= 0.3 is 0 Å². The topological polar surface area (TPSA) is 58.5 Å². The molecule has 1 atom stereocenters. The second kappa shape index (κ2) is 6.85. The summed E-state index contributed by atoms with van der Waals surface area (Å²) in [5, 5.41) is 9.19. The molecule has 1 N–H and O–H groups in total. The van der Waals surface area contributed by atoms with Gasteiger partial charge in [0.2, 0.25) is 0 Å². The van der Waals surface area contributed by atoms with E-state index in [1.165, 1.54) is 0 Å². The van der Waals surface area contributed by atoms with E-state index in [1.807, 2.05) is 36.7 Å². The predicted molar refractivity (Wildman–Crippen MR) is 84.5 cm³/mol. The van der Waals surface area contributed by atoms with Gasteiger partial charge in [0, 0.05) is 43.2 Å². The number of likely N-dealkylation sites (tertiary alicyclic amines) is 1. The number of nitrogens with zero attached hydrogens (tertiary/aromatic N) is 3.